The highest BCUT2D eigenvalue weighted by atomic mass is 16.5. The minimum Gasteiger partial charge on any atom is -0.495 e. The Labute approximate surface area is 117 Å². The van der Waals surface area contributed by atoms with E-state index in [0.717, 1.165) is 5.82 Å². The number of ether oxygens (including phenoxy) is 1. The molecule has 0 aliphatic carbocycles. The van der Waals surface area contributed by atoms with Gasteiger partial charge in [0.05, 0.1) is 12.8 Å². The second-order valence-corrected chi connectivity index (χ2v) is 4.43. The standard InChI is InChI=1S/C14H18N4O2/c1-10-16-6-8-18(10)7-5-14(19)17-12-9-11(15)3-4-13(12)20-2/h3-4,6,8-9H,5,7,15H2,1-2H3,(H,17,19). The molecule has 0 saturated carbocycles. The van der Waals surface area contributed by atoms with Crippen LogP contribution in [-0.2, 0) is 11.3 Å². The van der Waals surface area contributed by atoms with Crippen molar-refractivity contribution in [3.63, 3.8) is 0 Å². The third kappa shape index (κ3) is 3.28. The topological polar surface area (TPSA) is 82.2 Å². The van der Waals surface area contributed by atoms with Crippen LogP contribution in [0.4, 0.5) is 11.4 Å². The average Bonchev–Trinajstić information content (AvgIpc) is 2.82. The molecule has 0 aliphatic heterocycles. The Kier molecular flexibility index (Phi) is 4.24. The number of hydrogen-bond acceptors (Lipinski definition) is 4. The lowest BCUT2D eigenvalue weighted by Crippen LogP contribution is -2.15. The van der Waals surface area contributed by atoms with Crippen molar-refractivity contribution < 1.29 is 9.53 Å². The zero-order valence-corrected chi connectivity index (χ0v) is 11.6. The molecule has 0 aliphatic rings. The fraction of sp³-hybridized carbons (Fsp3) is 0.286. The number of imidazole rings is 1. The quantitative estimate of drug-likeness (QED) is 0.815. The number of benzene rings is 1. The Morgan fingerprint density at radius 1 is 1.50 bits per heavy atom. The van der Waals surface area contributed by atoms with E-state index in [0.29, 0.717) is 30.1 Å². The van der Waals surface area contributed by atoms with E-state index in [4.69, 9.17) is 10.5 Å². The number of nitrogen functional groups attached to an aromatic ring is 1. The predicted molar refractivity (Wildman–Crippen MR) is 77.6 cm³/mol. The van der Waals surface area contributed by atoms with Crippen LogP contribution in [0.3, 0.4) is 0 Å². The van der Waals surface area contributed by atoms with Gasteiger partial charge in [0.15, 0.2) is 0 Å². The second kappa shape index (κ2) is 6.10. The molecule has 0 spiro atoms. The molecular formula is C14H18N4O2. The maximum absolute atomic E-state index is 12.0. The number of nitrogens with two attached hydrogens (primary N) is 1. The van der Waals surface area contributed by atoms with Gasteiger partial charge in [0.1, 0.15) is 11.6 Å². The number of nitrogens with one attached hydrogen (secondary N) is 1. The Bertz CT molecular complexity index is 607. The fourth-order valence-electron chi connectivity index (χ4n) is 1.90. The molecular weight excluding hydrogens is 256 g/mol. The van der Waals surface area contributed by atoms with Gasteiger partial charge >= 0.3 is 0 Å². The van der Waals surface area contributed by atoms with Crippen LogP contribution in [0.15, 0.2) is 30.6 Å². The summed E-state index contributed by atoms with van der Waals surface area (Å²) in [5, 5.41) is 2.81. The Morgan fingerprint density at radius 3 is 2.95 bits per heavy atom. The first-order valence-electron chi connectivity index (χ1n) is 6.31. The summed E-state index contributed by atoms with van der Waals surface area (Å²) in [6.07, 6.45) is 3.92. The lowest BCUT2D eigenvalue weighted by Gasteiger charge is -2.11. The van der Waals surface area contributed by atoms with Crippen LogP contribution in [0.25, 0.3) is 0 Å². The van der Waals surface area contributed by atoms with E-state index in [1.165, 1.54) is 0 Å². The zero-order valence-electron chi connectivity index (χ0n) is 11.6. The van der Waals surface area contributed by atoms with Gasteiger partial charge < -0.3 is 20.4 Å². The highest BCUT2D eigenvalue weighted by molar-refractivity contribution is 5.92. The molecule has 1 heterocycles. The molecule has 2 rings (SSSR count). The van der Waals surface area contributed by atoms with Crippen LogP contribution in [0.2, 0.25) is 0 Å². The molecule has 20 heavy (non-hydrogen) atoms. The predicted octanol–water partition coefficient (Wildman–Crippen LogP) is 1.81. The molecule has 0 fully saturated rings. The Hall–Kier alpha value is -2.50. The highest BCUT2D eigenvalue weighted by Gasteiger charge is 2.08. The van der Waals surface area contributed by atoms with E-state index in [2.05, 4.69) is 10.3 Å². The van der Waals surface area contributed by atoms with E-state index in [1.807, 2.05) is 17.7 Å². The summed E-state index contributed by atoms with van der Waals surface area (Å²) >= 11 is 0. The molecule has 6 nitrogen and oxygen atoms in total. The van der Waals surface area contributed by atoms with Gasteiger partial charge in [0, 0.05) is 31.0 Å². The first kappa shape index (κ1) is 13.9. The molecule has 1 aromatic carbocycles. The van der Waals surface area contributed by atoms with Crippen LogP contribution >= 0.6 is 0 Å². The Morgan fingerprint density at radius 2 is 2.30 bits per heavy atom. The molecule has 1 aromatic heterocycles. The number of nitrogens with zero attached hydrogens (tertiary/aromatic N) is 2. The van der Waals surface area contributed by atoms with E-state index < -0.39 is 0 Å². The lowest BCUT2D eigenvalue weighted by atomic mass is 10.2. The van der Waals surface area contributed by atoms with Crippen LogP contribution in [0.1, 0.15) is 12.2 Å². The number of methoxy groups -OCH3 is 1. The molecule has 3 N–H and O–H groups in total. The summed E-state index contributed by atoms with van der Waals surface area (Å²) < 4.78 is 7.11. The van der Waals surface area contributed by atoms with Gasteiger partial charge in [0.2, 0.25) is 5.91 Å². The van der Waals surface area contributed by atoms with Gasteiger partial charge in [-0.25, -0.2) is 4.98 Å². The molecule has 1 amide bonds. The van der Waals surface area contributed by atoms with Crippen LogP contribution < -0.4 is 15.8 Å². The molecule has 106 valence electrons. The van der Waals surface area contributed by atoms with Gasteiger partial charge in [-0.2, -0.15) is 0 Å². The highest BCUT2D eigenvalue weighted by Crippen LogP contribution is 2.26. The first-order valence-corrected chi connectivity index (χ1v) is 6.31. The monoisotopic (exact) mass is 274 g/mol. The number of aromatic nitrogens is 2. The average molecular weight is 274 g/mol. The summed E-state index contributed by atoms with van der Waals surface area (Å²) in [5.74, 6) is 1.38. The number of carbonyl (C=O) groups is 1. The van der Waals surface area contributed by atoms with Crippen molar-refractivity contribution in [3.8, 4) is 5.75 Å². The number of aryl methyl sites for hydroxylation is 2. The minimum absolute atomic E-state index is 0.0954. The number of amides is 1. The summed E-state index contributed by atoms with van der Waals surface area (Å²) in [4.78, 5) is 16.1. The lowest BCUT2D eigenvalue weighted by molar-refractivity contribution is -0.116. The minimum atomic E-state index is -0.0954. The summed E-state index contributed by atoms with van der Waals surface area (Å²) in [7, 11) is 1.55. The van der Waals surface area contributed by atoms with Crippen molar-refractivity contribution in [1.82, 2.24) is 9.55 Å². The fourth-order valence-corrected chi connectivity index (χ4v) is 1.90. The van der Waals surface area contributed by atoms with Crippen LogP contribution in [0.5, 0.6) is 5.75 Å². The maximum atomic E-state index is 12.0. The zero-order chi connectivity index (χ0) is 14.5. The smallest absolute Gasteiger partial charge is 0.226 e. The molecule has 0 unspecified atom stereocenters. The second-order valence-electron chi connectivity index (χ2n) is 4.43. The normalized spacial score (nSPS) is 10.3. The van der Waals surface area contributed by atoms with Crippen LogP contribution in [0, 0.1) is 6.92 Å². The molecule has 0 bridgehead atoms. The largest absolute Gasteiger partial charge is 0.495 e. The van der Waals surface area contributed by atoms with Crippen molar-refractivity contribution in [1.29, 1.82) is 0 Å². The van der Waals surface area contributed by atoms with E-state index in [-0.39, 0.29) is 5.91 Å². The maximum Gasteiger partial charge on any atom is 0.226 e. The van der Waals surface area contributed by atoms with Gasteiger partial charge in [0.25, 0.3) is 0 Å². The van der Waals surface area contributed by atoms with E-state index >= 15 is 0 Å². The molecule has 0 radical (unpaired) electrons. The number of hydrogen-bond donors (Lipinski definition) is 2. The number of rotatable bonds is 5. The van der Waals surface area contributed by atoms with Crippen LogP contribution in [-0.4, -0.2) is 22.6 Å². The number of carbonyl (C=O) groups excluding carboxylic acids is 1. The third-order valence-electron chi connectivity index (χ3n) is 3.00. The first-order chi connectivity index (χ1) is 9.60. The van der Waals surface area contributed by atoms with Crippen molar-refractivity contribution in [2.24, 2.45) is 0 Å². The van der Waals surface area contributed by atoms with Gasteiger partial charge in [-0.05, 0) is 25.1 Å². The van der Waals surface area contributed by atoms with Gasteiger partial charge in [-0.1, -0.05) is 0 Å². The Balaban J connectivity index is 1.98. The molecule has 0 atom stereocenters. The van der Waals surface area contributed by atoms with Crippen molar-refractivity contribution in [2.45, 2.75) is 19.9 Å². The van der Waals surface area contributed by atoms with Crippen molar-refractivity contribution >= 4 is 17.3 Å². The van der Waals surface area contributed by atoms with Gasteiger partial charge in [-0.15, -0.1) is 0 Å². The number of anilines is 2. The summed E-state index contributed by atoms with van der Waals surface area (Å²) in [6, 6.07) is 5.13. The molecule has 2 aromatic rings. The summed E-state index contributed by atoms with van der Waals surface area (Å²) in [5.41, 5.74) is 6.87. The summed E-state index contributed by atoms with van der Waals surface area (Å²) in [6.45, 7) is 2.49. The SMILES string of the molecule is COc1ccc(N)cc1NC(=O)CCn1ccnc1C. The van der Waals surface area contributed by atoms with E-state index in [1.54, 1.807) is 31.5 Å². The molecule has 0 saturated heterocycles. The van der Waals surface area contributed by atoms with Gasteiger partial charge in [-0.3, -0.25) is 4.79 Å². The van der Waals surface area contributed by atoms with Crippen molar-refractivity contribution in [3.05, 3.63) is 36.4 Å². The third-order valence-corrected chi connectivity index (χ3v) is 3.00. The van der Waals surface area contributed by atoms with Crippen molar-refractivity contribution in [2.75, 3.05) is 18.2 Å². The molecule has 6 heteroatoms. The van der Waals surface area contributed by atoms with E-state index in [9.17, 15) is 4.79 Å².